The number of nitrogens with zero attached hydrogens (tertiary/aromatic N) is 4. The van der Waals surface area contributed by atoms with Gasteiger partial charge >= 0.3 is 0 Å². The molecule has 0 radical (unpaired) electrons. The van der Waals surface area contributed by atoms with Crippen LogP contribution in [0.25, 0.3) is 11.0 Å². The first-order valence-electron chi connectivity index (χ1n) is 8.10. The highest BCUT2D eigenvalue weighted by molar-refractivity contribution is 5.87. The Kier molecular flexibility index (Phi) is 4.92. The van der Waals surface area contributed by atoms with Crippen molar-refractivity contribution in [3.05, 3.63) is 18.6 Å². The number of hydrogen-bond donors (Lipinski definition) is 1. The van der Waals surface area contributed by atoms with Crippen molar-refractivity contribution in [1.82, 2.24) is 19.9 Å². The van der Waals surface area contributed by atoms with Crippen molar-refractivity contribution in [2.75, 3.05) is 24.5 Å². The number of rotatable bonds is 5. The number of alkyl halides is 2. The zero-order valence-corrected chi connectivity index (χ0v) is 13.6. The number of aryl methyl sites for hydroxylation is 1. The van der Waals surface area contributed by atoms with Crippen LogP contribution in [-0.4, -0.2) is 46.5 Å². The molecule has 24 heavy (non-hydrogen) atoms. The van der Waals surface area contributed by atoms with Gasteiger partial charge in [-0.25, -0.2) is 18.7 Å². The van der Waals surface area contributed by atoms with Gasteiger partial charge in [0.25, 0.3) is 6.43 Å². The zero-order valence-electron chi connectivity index (χ0n) is 13.6. The van der Waals surface area contributed by atoms with Gasteiger partial charge in [0.1, 0.15) is 17.8 Å². The van der Waals surface area contributed by atoms with E-state index < -0.39 is 13.0 Å². The molecule has 1 fully saturated rings. The van der Waals surface area contributed by atoms with Gasteiger partial charge in [-0.15, -0.1) is 0 Å². The molecule has 0 spiro atoms. The molecule has 1 amide bonds. The summed E-state index contributed by atoms with van der Waals surface area (Å²) in [7, 11) is 1.95. The molecule has 130 valence electrons. The van der Waals surface area contributed by atoms with E-state index in [9.17, 15) is 13.6 Å². The van der Waals surface area contributed by atoms with Crippen molar-refractivity contribution in [1.29, 1.82) is 0 Å². The lowest BCUT2D eigenvalue weighted by Gasteiger charge is -2.32. The molecular weight excluding hydrogens is 316 g/mol. The van der Waals surface area contributed by atoms with Crippen LogP contribution >= 0.6 is 0 Å². The van der Waals surface area contributed by atoms with Gasteiger partial charge in [0.15, 0.2) is 0 Å². The van der Waals surface area contributed by atoms with Crippen molar-refractivity contribution in [2.24, 2.45) is 13.0 Å². The number of hydrogen-bond acceptors (Lipinski definition) is 4. The second-order valence-electron chi connectivity index (χ2n) is 6.19. The number of carbonyl (C=O) groups is 1. The van der Waals surface area contributed by atoms with E-state index in [1.807, 2.05) is 23.9 Å². The van der Waals surface area contributed by atoms with Crippen molar-refractivity contribution >= 4 is 22.8 Å². The summed E-state index contributed by atoms with van der Waals surface area (Å²) in [6, 6.07) is 2.01. The van der Waals surface area contributed by atoms with Crippen LogP contribution in [0.4, 0.5) is 14.6 Å². The molecule has 3 heterocycles. The molecule has 0 bridgehead atoms. The molecule has 2 aromatic heterocycles. The maximum Gasteiger partial charge on any atom is 0.255 e. The van der Waals surface area contributed by atoms with Crippen LogP contribution in [0.2, 0.25) is 0 Å². The third kappa shape index (κ3) is 3.63. The number of halogens is 2. The number of fused-ring (bicyclic) bond motifs is 1. The Morgan fingerprint density at radius 2 is 2.12 bits per heavy atom. The van der Waals surface area contributed by atoms with Crippen LogP contribution in [-0.2, 0) is 11.8 Å². The molecule has 1 aliphatic heterocycles. The lowest BCUT2D eigenvalue weighted by Crippen LogP contribution is -2.37. The fraction of sp³-hybridized carbons (Fsp3) is 0.562. The molecule has 0 aliphatic carbocycles. The monoisotopic (exact) mass is 337 g/mol. The second kappa shape index (κ2) is 7.11. The maximum absolute atomic E-state index is 12.1. The molecular formula is C16H21F2N5O. The van der Waals surface area contributed by atoms with E-state index in [-0.39, 0.29) is 11.8 Å². The van der Waals surface area contributed by atoms with E-state index in [4.69, 9.17) is 0 Å². The SMILES string of the molecule is Cn1ccc2c(N3CCC(CC(=O)NCC(F)F)CC3)ncnc21. The molecule has 2 aromatic rings. The first-order chi connectivity index (χ1) is 11.5. The average molecular weight is 337 g/mol. The Morgan fingerprint density at radius 1 is 1.38 bits per heavy atom. The maximum atomic E-state index is 12.1. The molecule has 0 atom stereocenters. The first kappa shape index (κ1) is 16.6. The topological polar surface area (TPSA) is 63.1 Å². The summed E-state index contributed by atoms with van der Waals surface area (Å²) >= 11 is 0. The number of nitrogens with one attached hydrogen (secondary N) is 1. The standard InChI is InChI=1S/C16H21F2N5O/c1-22-5-4-12-15(22)20-10-21-16(12)23-6-2-11(3-7-23)8-14(24)19-9-13(17)18/h4-5,10-11,13H,2-3,6-9H2,1H3,(H,19,24). The Morgan fingerprint density at radius 3 is 2.83 bits per heavy atom. The largest absolute Gasteiger partial charge is 0.356 e. The lowest BCUT2D eigenvalue weighted by atomic mass is 9.93. The Balaban J connectivity index is 1.58. The number of piperidine rings is 1. The summed E-state index contributed by atoms with van der Waals surface area (Å²) in [5.74, 6) is 0.856. The van der Waals surface area contributed by atoms with Gasteiger partial charge in [-0.1, -0.05) is 0 Å². The highest BCUT2D eigenvalue weighted by atomic mass is 19.3. The number of amides is 1. The van der Waals surface area contributed by atoms with Crippen LogP contribution in [0, 0.1) is 5.92 Å². The summed E-state index contributed by atoms with van der Waals surface area (Å²) in [6.07, 6.45) is 3.04. The van der Waals surface area contributed by atoms with Crippen LogP contribution in [0.5, 0.6) is 0 Å². The van der Waals surface area contributed by atoms with Crippen LogP contribution in [0.3, 0.4) is 0 Å². The Labute approximate surface area is 138 Å². The molecule has 1 N–H and O–H groups in total. The second-order valence-corrected chi connectivity index (χ2v) is 6.19. The minimum absolute atomic E-state index is 0.229. The van der Waals surface area contributed by atoms with Gasteiger partial charge in [0.05, 0.1) is 11.9 Å². The van der Waals surface area contributed by atoms with Crippen LogP contribution in [0.1, 0.15) is 19.3 Å². The number of aromatic nitrogens is 3. The normalized spacial score (nSPS) is 16.1. The van der Waals surface area contributed by atoms with Crippen LogP contribution in [0.15, 0.2) is 18.6 Å². The Bertz CT molecular complexity index is 710. The third-order valence-electron chi connectivity index (χ3n) is 4.48. The zero-order chi connectivity index (χ0) is 17.1. The van der Waals surface area contributed by atoms with Gasteiger partial charge in [0.2, 0.25) is 5.91 Å². The van der Waals surface area contributed by atoms with Crippen molar-refractivity contribution in [3.63, 3.8) is 0 Å². The first-order valence-corrected chi connectivity index (χ1v) is 8.10. The van der Waals surface area contributed by atoms with Gasteiger partial charge in [0, 0.05) is 32.8 Å². The minimum Gasteiger partial charge on any atom is -0.356 e. The fourth-order valence-electron chi connectivity index (χ4n) is 3.19. The summed E-state index contributed by atoms with van der Waals surface area (Å²) in [5, 5.41) is 3.29. The molecule has 0 aromatic carbocycles. The predicted molar refractivity (Wildman–Crippen MR) is 87.1 cm³/mol. The van der Waals surface area contributed by atoms with Gasteiger partial charge in [-0.2, -0.15) is 0 Å². The van der Waals surface area contributed by atoms with Crippen LogP contribution < -0.4 is 10.2 Å². The highest BCUT2D eigenvalue weighted by Gasteiger charge is 2.24. The quantitative estimate of drug-likeness (QED) is 0.906. The van der Waals surface area contributed by atoms with E-state index >= 15 is 0 Å². The van der Waals surface area contributed by atoms with Crippen molar-refractivity contribution in [2.45, 2.75) is 25.7 Å². The van der Waals surface area contributed by atoms with E-state index in [0.29, 0.717) is 6.42 Å². The summed E-state index contributed by atoms with van der Waals surface area (Å²) in [4.78, 5) is 22.6. The van der Waals surface area contributed by atoms with E-state index in [1.54, 1.807) is 6.33 Å². The van der Waals surface area contributed by atoms with Gasteiger partial charge < -0.3 is 14.8 Å². The summed E-state index contributed by atoms with van der Waals surface area (Å²) < 4.78 is 26.2. The number of anilines is 1. The van der Waals surface area contributed by atoms with Gasteiger partial charge in [-0.05, 0) is 24.8 Å². The lowest BCUT2D eigenvalue weighted by molar-refractivity contribution is -0.122. The molecule has 1 aliphatic rings. The highest BCUT2D eigenvalue weighted by Crippen LogP contribution is 2.28. The fourth-order valence-corrected chi connectivity index (χ4v) is 3.19. The molecule has 0 saturated carbocycles. The Hall–Kier alpha value is -2.25. The molecule has 0 unspecified atom stereocenters. The summed E-state index contributed by atoms with van der Waals surface area (Å²) in [6.45, 7) is 1.03. The van der Waals surface area contributed by atoms with Crippen molar-refractivity contribution < 1.29 is 13.6 Å². The van der Waals surface area contributed by atoms with E-state index in [0.717, 1.165) is 42.8 Å². The van der Waals surface area contributed by atoms with Gasteiger partial charge in [-0.3, -0.25) is 4.79 Å². The van der Waals surface area contributed by atoms with E-state index in [2.05, 4.69) is 20.2 Å². The molecule has 8 heteroatoms. The third-order valence-corrected chi connectivity index (χ3v) is 4.48. The predicted octanol–water partition coefficient (Wildman–Crippen LogP) is 1.96. The van der Waals surface area contributed by atoms with E-state index in [1.165, 1.54) is 0 Å². The molecule has 6 nitrogen and oxygen atoms in total. The minimum atomic E-state index is -2.50. The number of carbonyl (C=O) groups excluding carboxylic acids is 1. The molecule has 3 rings (SSSR count). The smallest absolute Gasteiger partial charge is 0.255 e. The van der Waals surface area contributed by atoms with Crippen molar-refractivity contribution in [3.8, 4) is 0 Å². The summed E-state index contributed by atoms with van der Waals surface area (Å²) in [5.41, 5.74) is 0.897. The molecule has 1 saturated heterocycles. The average Bonchev–Trinajstić information content (AvgIpc) is 2.95.